The summed E-state index contributed by atoms with van der Waals surface area (Å²) < 4.78 is 17.5. The number of benzene rings is 2. The summed E-state index contributed by atoms with van der Waals surface area (Å²) in [5.41, 5.74) is -0.0388. The van der Waals surface area contributed by atoms with Crippen molar-refractivity contribution in [1.29, 1.82) is 0 Å². The second-order valence-corrected chi connectivity index (χ2v) is 7.63. The van der Waals surface area contributed by atoms with E-state index >= 15 is 0 Å². The number of carbonyl (C=O) groups is 2. The number of carbonyl (C=O) groups excluding carboxylic acids is 2. The number of esters is 1. The largest absolute Gasteiger partial charge is 0.486 e. The lowest BCUT2D eigenvalue weighted by molar-refractivity contribution is -0.387. The van der Waals surface area contributed by atoms with Crippen LogP contribution in [0.3, 0.4) is 0 Å². The third-order valence-corrected chi connectivity index (χ3v) is 5.58. The maximum Gasteiger partial charge on any atom is 0.338 e. The second kappa shape index (κ2) is 9.06. The van der Waals surface area contributed by atoms with Crippen molar-refractivity contribution in [2.75, 3.05) is 19.8 Å². The lowest BCUT2D eigenvalue weighted by Crippen LogP contribution is -2.17. The smallest absolute Gasteiger partial charge is 0.338 e. The van der Waals surface area contributed by atoms with E-state index in [4.69, 9.17) is 14.2 Å². The molecule has 0 radical (unpaired) electrons. The number of ether oxygens (including phenoxy) is 3. The van der Waals surface area contributed by atoms with Crippen molar-refractivity contribution in [3.63, 3.8) is 0 Å². The van der Waals surface area contributed by atoms with Gasteiger partial charge in [0.25, 0.3) is 5.69 Å². The van der Waals surface area contributed by atoms with Crippen molar-refractivity contribution in [3.8, 4) is 11.5 Å². The van der Waals surface area contributed by atoms with Crippen LogP contribution in [0.2, 0.25) is 0 Å². The predicted molar refractivity (Wildman–Crippen MR) is 110 cm³/mol. The van der Waals surface area contributed by atoms with Crippen molar-refractivity contribution in [3.05, 3.63) is 64.0 Å². The molecule has 4 rings (SSSR count). The number of aromatic nitrogens is 3. The van der Waals surface area contributed by atoms with Gasteiger partial charge >= 0.3 is 5.97 Å². The zero-order chi connectivity index (χ0) is 22.7. The van der Waals surface area contributed by atoms with E-state index in [1.54, 1.807) is 23.7 Å². The van der Waals surface area contributed by atoms with Crippen LogP contribution in [0, 0.1) is 10.1 Å². The molecule has 0 saturated carbocycles. The number of nitro groups is 1. The van der Waals surface area contributed by atoms with Gasteiger partial charge in [0.2, 0.25) is 0 Å². The van der Waals surface area contributed by atoms with E-state index in [0.717, 1.165) is 17.8 Å². The number of hydrogen-bond donors (Lipinski definition) is 0. The lowest BCUT2D eigenvalue weighted by atomic mass is 10.1. The number of fused-ring (bicyclic) bond motifs is 1. The minimum atomic E-state index is -0.853. The van der Waals surface area contributed by atoms with Crippen LogP contribution in [0.25, 0.3) is 0 Å². The molecule has 3 aromatic rings. The monoisotopic (exact) mass is 456 g/mol. The van der Waals surface area contributed by atoms with Crippen molar-refractivity contribution in [2.45, 2.75) is 10.1 Å². The number of nitro benzene ring substituents is 1. The van der Waals surface area contributed by atoms with Crippen LogP contribution in [-0.2, 0) is 11.8 Å². The molecule has 0 aliphatic carbocycles. The highest BCUT2D eigenvalue weighted by Gasteiger charge is 2.22. The fraction of sp³-hybridized carbons (Fsp3) is 0.200. The first-order chi connectivity index (χ1) is 15.4. The van der Waals surface area contributed by atoms with Gasteiger partial charge in [-0.2, -0.15) is 0 Å². The molecule has 2 heterocycles. The molecule has 0 atom stereocenters. The van der Waals surface area contributed by atoms with E-state index < -0.39 is 23.3 Å². The summed E-state index contributed by atoms with van der Waals surface area (Å²) >= 11 is 1.04. The van der Waals surface area contributed by atoms with Gasteiger partial charge in [0.15, 0.2) is 29.0 Å². The highest BCUT2D eigenvalue weighted by Crippen LogP contribution is 2.34. The number of aryl methyl sites for hydroxylation is 1. The number of Topliss-reactive ketones (excluding diaryl/α,β-unsaturated/α-hetero) is 1. The van der Waals surface area contributed by atoms with Gasteiger partial charge in [0.05, 0.1) is 15.4 Å². The molecule has 0 unspecified atom stereocenters. The van der Waals surface area contributed by atoms with Crippen LogP contribution < -0.4 is 9.47 Å². The Labute approximate surface area is 185 Å². The molecule has 0 fully saturated rings. The van der Waals surface area contributed by atoms with E-state index in [1.807, 2.05) is 0 Å². The van der Waals surface area contributed by atoms with Crippen molar-refractivity contribution >= 4 is 29.2 Å². The molecule has 1 aromatic heterocycles. The zero-order valence-corrected chi connectivity index (χ0v) is 17.5. The summed E-state index contributed by atoms with van der Waals surface area (Å²) in [5.74, 6) is -0.315. The minimum absolute atomic E-state index is 0.0472. The number of ketones is 1. The molecule has 0 saturated heterocycles. The number of rotatable bonds is 7. The quantitative estimate of drug-likeness (QED) is 0.226. The van der Waals surface area contributed by atoms with E-state index in [9.17, 15) is 19.7 Å². The normalized spacial score (nSPS) is 12.3. The fourth-order valence-corrected chi connectivity index (χ4v) is 3.70. The highest BCUT2D eigenvalue weighted by molar-refractivity contribution is 7.99. The SMILES string of the molecule is Cn1cnnc1Sc1ccc(C(=O)OCC(=O)c2ccc3c(c2)OCCO3)cc1[N+](=O)[O-]. The second-order valence-electron chi connectivity index (χ2n) is 6.62. The molecular weight excluding hydrogens is 440 g/mol. The molecular formula is C20H16N4O7S. The third-order valence-electron chi connectivity index (χ3n) is 4.46. The van der Waals surface area contributed by atoms with Gasteiger partial charge in [-0.15, -0.1) is 10.2 Å². The number of nitrogens with zero attached hydrogens (tertiary/aromatic N) is 4. The maximum absolute atomic E-state index is 12.4. The van der Waals surface area contributed by atoms with Gasteiger partial charge in [-0.1, -0.05) is 0 Å². The molecule has 164 valence electrons. The fourth-order valence-electron chi connectivity index (χ4n) is 2.85. The van der Waals surface area contributed by atoms with Gasteiger partial charge in [0, 0.05) is 18.7 Å². The first kappa shape index (κ1) is 21.3. The molecule has 11 nitrogen and oxygen atoms in total. The summed E-state index contributed by atoms with van der Waals surface area (Å²) in [4.78, 5) is 36.0. The molecule has 0 amide bonds. The zero-order valence-electron chi connectivity index (χ0n) is 16.7. The maximum atomic E-state index is 12.4. The summed E-state index contributed by atoms with van der Waals surface area (Å²) in [6, 6.07) is 8.61. The van der Waals surface area contributed by atoms with Crippen LogP contribution >= 0.6 is 11.8 Å². The Hall–Kier alpha value is -3.93. The Bertz CT molecular complexity index is 1210. The molecule has 1 aliphatic rings. The van der Waals surface area contributed by atoms with Crippen LogP contribution in [0.15, 0.2) is 52.8 Å². The van der Waals surface area contributed by atoms with Crippen LogP contribution in [-0.4, -0.2) is 51.3 Å². The molecule has 0 spiro atoms. The van der Waals surface area contributed by atoms with Crippen molar-refractivity contribution < 1.29 is 28.7 Å². The summed E-state index contributed by atoms with van der Waals surface area (Å²) in [6.45, 7) is 0.283. The Morgan fingerprint density at radius 3 is 2.62 bits per heavy atom. The first-order valence-corrected chi connectivity index (χ1v) is 10.1. The van der Waals surface area contributed by atoms with Gasteiger partial charge < -0.3 is 18.8 Å². The minimum Gasteiger partial charge on any atom is -0.486 e. The molecule has 0 N–H and O–H groups in total. The predicted octanol–water partition coefficient (Wildman–Crippen LogP) is 2.69. The average Bonchev–Trinajstić information content (AvgIpc) is 3.21. The summed E-state index contributed by atoms with van der Waals surface area (Å²) in [6.07, 6.45) is 1.47. The van der Waals surface area contributed by atoms with Crippen LogP contribution in [0.5, 0.6) is 11.5 Å². The van der Waals surface area contributed by atoms with E-state index in [2.05, 4.69) is 10.2 Å². The topological polar surface area (TPSA) is 136 Å². The lowest BCUT2D eigenvalue weighted by Gasteiger charge is -2.18. The summed E-state index contributed by atoms with van der Waals surface area (Å²) in [7, 11) is 1.71. The summed E-state index contributed by atoms with van der Waals surface area (Å²) in [5, 5.41) is 19.6. The van der Waals surface area contributed by atoms with E-state index in [1.165, 1.54) is 24.5 Å². The molecule has 32 heavy (non-hydrogen) atoms. The van der Waals surface area contributed by atoms with E-state index in [0.29, 0.717) is 35.4 Å². The highest BCUT2D eigenvalue weighted by atomic mass is 32.2. The Balaban J connectivity index is 1.45. The standard InChI is InChI=1S/C20H16N4O7S/c1-23-11-21-22-20(23)32-18-5-3-13(8-14(18)24(27)28)19(26)31-10-15(25)12-2-4-16-17(9-12)30-7-6-29-16/h2-5,8-9,11H,6-7,10H2,1H3. The molecule has 0 bridgehead atoms. The Kier molecular flexibility index (Phi) is 6.03. The third kappa shape index (κ3) is 4.54. The van der Waals surface area contributed by atoms with Crippen LogP contribution in [0.4, 0.5) is 5.69 Å². The van der Waals surface area contributed by atoms with E-state index in [-0.39, 0.29) is 16.1 Å². The molecule has 1 aliphatic heterocycles. The Morgan fingerprint density at radius 1 is 1.16 bits per heavy atom. The van der Waals surface area contributed by atoms with Gasteiger partial charge in [-0.05, 0) is 42.1 Å². The molecule has 2 aromatic carbocycles. The van der Waals surface area contributed by atoms with Gasteiger partial charge in [-0.25, -0.2) is 4.79 Å². The van der Waals surface area contributed by atoms with Crippen molar-refractivity contribution in [1.82, 2.24) is 14.8 Å². The first-order valence-electron chi connectivity index (χ1n) is 9.32. The van der Waals surface area contributed by atoms with Gasteiger partial charge in [-0.3, -0.25) is 14.9 Å². The Morgan fingerprint density at radius 2 is 1.91 bits per heavy atom. The number of hydrogen-bond acceptors (Lipinski definition) is 10. The van der Waals surface area contributed by atoms with Crippen LogP contribution in [0.1, 0.15) is 20.7 Å². The molecule has 12 heteroatoms. The van der Waals surface area contributed by atoms with Gasteiger partial charge in [0.1, 0.15) is 19.5 Å². The van der Waals surface area contributed by atoms with Crippen molar-refractivity contribution in [2.24, 2.45) is 7.05 Å². The average molecular weight is 456 g/mol.